The molecular formula is C18H28N2S. The Labute approximate surface area is 133 Å². The number of nitrogens with two attached hydrogens (primary N) is 1. The molecule has 1 aromatic rings. The SMILES string of the molecule is CC1CC(CN)(N2CCC(Cc3ccccc3)CC2)CS1. The third kappa shape index (κ3) is 3.46. The molecule has 0 saturated carbocycles. The van der Waals surface area contributed by atoms with Gasteiger partial charge in [0.1, 0.15) is 0 Å². The summed E-state index contributed by atoms with van der Waals surface area (Å²) in [5, 5.41) is 0.774. The van der Waals surface area contributed by atoms with Gasteiger partial charge in [-0.2, -0.15) is 11.8 Å². The van der Waals surface area contributed by atoms with Crippen LogP contribution in [0.1, 0.15) is 31.7 Å². The van der Waals surface area contributed by atoms with Crippen LogP contribution in [0.25, 0.3) is 0 Å². The van der Waals surface area contributed by atoms with Crippen molar-refractivity contribution in [2.24, 2.45) is 11.7 Å². The van der Waals surface area contributed by atoms with E-state index in [-0.39, 0.29) is 0 Å². The first-order valence-corrected chi connectivity index (χ1v) is 9.37. The van der Waals surface area contributed by atoms with E-state index in [2.05, 4.69) is 53.9 Å². The van der Waals surface area contributed by atoms with Crippen molar-refractivity contribution in [3.05, 3.63) is 35.9 Å². The number of likely N-dealkylation sites (tertiary alicyclic amines) is 1. The maximum atomic E-state index is 6.17. The van der Waals surface area contributed by atoms with Crippen molar-refractivity contribution < 1.29 is 0 Å². The molecule has 0 bridgehead atoms. The highest BCUT2D eigenvalue weighted by atomic mass is 32.2. The van der Waals surface area contributed by atoms with E-state index < -0.39 is 0 Å². The fraction of sp³-hybridized carbons (Fsp3) is 0.667. The number of benzene rings is 1. The molecule has 116 valence electrons. The molecule has 3 heteroatoms. The Morgan fingerprint density at radius 3 is 2.52 bits per heavy atom. The lowest BCUT2D eigenvalue weighted by Gasteiger charge is -2.44. The maximum absolute atomic E-state index is 6.17. The van der Waals surface area contributed by atoms with Crippen molar-refractivity contribution >= 4 is 11.8 Å². The van der Waals surface area contributed by atoms with Crippen LogP contribution in [0.3, 0.4) is 0 Å². The zero-order valence-electron chi connectivity index (χ0n) is 13.1. The predicted molar refractivity (Wildman–Crippen MR) is 92.8 cm³/mol. The van der Waals surface area contributed by atoms with Crippen LogP contribution in [0.2, 0.25) is 0 Å². The van der Waals surface area contributed by atoms with Gasteiger partial charge in [0, 0.05) is 23.1 Å². The summed E-state index contributed by atoms with van der Waals surface area (Å²) in [7, 11) is 0. The molecule has 0 amide bonds. The third-order valence-electron chi connectivity index (χ3n) is 5.34. The van der Waals surface area contributed by atoms with Crippen molar-refractivity contribution in [3.8, 4) is 0 Å². The van der Waals surface area contributed by atoms with Crippen molar-refractivity contribution in [2.75, 3.05) is 25.4 Å². The minimum absolute atomic E-state index is 0.293. The van der Waals surface area contributed by atoms with Gasteiger partial charge in [0.25, 0.3) is 0 Å². The Bertz CT molecular complexity index is 442. The molecule has 2 aliphatic rings. The minimum Gasteiger partial charge on any atom is -0.329 e. The van der Waals surface area contributed by atoms with Gasteiger partial charge in [-0.05, 0) is 50.3 Å². The van der Waals surface area contributed by atoms with Crippen LogP contribution in [-0.4, -0.2) is 41.1 Å². The Kier molecular flexibility index (Phi) is 4.92. The van der Waals surface area contributed by atoms with Crippen LogP contribution in [-0.2, 0) is 6.42 Å². The molecule has 0 spiro atoms. The van der Waals surface area contributed by atoms with Crippen LogP contribution in [0.4, 0.5) is 0 Å². The van der Waals surface area contributed by atoms with Crippen LogP contribution < -0.4 is 5.73 Å². The van der Waals surface area contributed by atoms with Gasteiger partial charge in [-0.25, -0.2) is 0 Å². The Morgan fingerprint density at radius 1 is 1.24 bits per heavy atom. The molecule has 2 N–H and O–H groups in total. The number of piperidine rings is 1. The van der Waals surface area contributed by atoms with Gasteiger partial charge in [-0.1, -0.05) is 37.3 Å². The van der Waals surface area contributed by atoms with Crippen molar-refractivity contribution in [3.63, 3.8) is 0 Å². The molecule has 2 fully saturated rings. The highest BCUT2D eigenvalue weighted by Gasteiger charge is 2.42. The summed E-state index contributed by atoms with van der Waals surface area (Å²) in [4.78, 5) is 2.71. The van der Waals surface area contributed by atoms with E-state index in [0.717, 1.165) is 17.7 Å². The number of nitrogens with zero attached hydrogens (tertiary/aromatic N) is 1. The van der Waals surface area contributed by atoms with E-state index in [1.807, 2.05) is 0 Å². The van der Waals surface area contributed by atoms with Crippen LogP contribution in [0, 0.1) is 5.92 Å². The molecule has 2 saturated heterocycles. The van der Waals surface area contributed by atoms with E-state index in [4.69, 9.17) is 5.73 Å². The zero-order chi connectivity index (χ0) is 14.7. The topological polar surface area (TPSA) is 29.3 Å². The van der Waals surface area contributed by atoms with Crippen LogP contribution in [0.15, 0.2) is 30.3 Å². The van der Waals surface area contributed by atoms with Crippen molar-refractivity contribution in [1.82, 2.24) is 4.90 Å². The second-order valence-electron chi connectivity index (χ2n) is 6.87. The summed E-state index contributed by atoms with van der Waals surface area (Å²) < 4.78 is 0. The van der Waals surface area contributed by atoms with Gasteiger partial charge in [-0.15, -0.1) is 0 Å². The predicted octanol–water partition coefficient (Wildman–Crippen LogP) is 3.16. The van der Waals surface area contributed by atoms with Gasteiger partial charge in [0.15, 0.2) is 0 Å². The number of thioether (sulfide) groups is 1. The fourth-order valence-corrected chi connectivity index (χ4v) is 5.44. The number of hydrogen-bond acceptors (Lipinski definition) is 3. The molecule has 1 aromatic carbocycles. The normalized spacial score (nSPS) is 31.6. The first kappa shape index (κ1) is 15.4. The lowest BCUT2D eigenvalue weighted by atomic mass is 9.86. The second kappa shape index (κ2) is 6.72. The summed E-state index contributed by atoms with van der Waals surface area (Å²) in [6.07, 6.45) is 5.18. The largest absolute Gasteiger partial charge is 0.329 e. The molecule has 0 aliphatic carbocycles. The standard InChI is InChI=1S/C18H28N2S/c1-15-12-18(13-19,14-21-15)20-9-7-17(8-10-20)11-16-5-3-2-4-6-16/h2-6,15,17H,7-14,19H2,1H3. The van der Waals surface area contributed by atoms with Crippen LogP contribution in [0.5, 0.6) is 0 Å². The Hall–Kier alpha value is -0.510. The average Bonchev–Trinajstić information content (AvgIpc) is 2.92. The Morgan fingerprint density at radius 2 is 1.95 bits per heavy atom. The lowest BCUT2D eigenvalue weighted by Crippen LogP contribution is -2.56. The lowest BCUT2D eigenvalue weighted by molar-refractivity contribution is 0.0697. The van der Waals surface area contributed by atoms with Gasteiger partial charge in [0.05, 0.1) is 0 Å². The third-order valence-corrected chi connectivity index (χ3v) is 6.78. The van der Waals surface area contributed by atoms with Gasteiger partial charge < -0.3 is 5.73 Å². The van der Waals surface area contributed by atoms with E-state index in [1.165, 1.54) is 50.1 Å². The monoisotopic (exact) mass is 304 g/mol. The molecule has 2 atom stereocenters. The summed E-state index contributed by atoms with van der Waals surface area (Å²) in [6, 6.07) is 11.0. The number of rotatable bonds is 4. The van der Waals surface area contributed by atoms with E-state index >= 15 is 0 Å². The van der Waals surface area contributed by atoms with Gasteiger partial charge >= 0.3 is 0 Å². The molecule has 3 rings (SSSR count). The molecule has 21 heavy (non-hydrogen) atoms. The molecule has 2 heterocycles. The average molecular weight is 305 g/mol. The second-order valence-corrected chi connectivity index (χ2v) is 8.30. The summed E-state index contributed by atoms with van der Waals surface area (Å²) in [6.45, 7) is 5.65. The molecule has 0 radical (unpaired) electrons. The first-order chi connectivity index (χ1) is 10.2. The van der Waals surface area contributed by atoms with Gasteiger partial charge in [0.2, 0.25) is 0 Å². The van der Waals surface area contributed by atoms with Crippen LogP contribution >= 0.6 is 11.8 Å². The summed E-state index contributed by atoms with van der Waals surface area (Å²) in [5.74, 6) is 2.08. The fourth-order valence-electron chi connectivity index (χ4n) is 4.00. The quantitative estimate of drug-likeness (QED) is 0.926. The minimum atomic E-state index is 0.293. The Balaban J connectivity index is 1.55. The highest BCUT2D eigenvalue weighted by molar-refractivity contribution is 8.00. The smallest absolute Gasteiger partial charge is 0.0432 e. The van der Waals surface area contributed by atoms with Crippen molar-refractivity contribution in [2.45, 2.75) is 43.4 Å². The molecule has 2 unspecified atom stereocenters. The first-order valence-electron chi connectivity index (χ1n) is 8.32. The molecule has 0 aromatic heterocycles. The maximum Gasteiger partial charge on any atom is 0.0432 e. The summed E-state index contributed by atoms with van der Waals surface area (Å²) >= 11 is 2.10. The highest BCUT2D eigenvalue weighted by Crippen LogP contribution is 2.39. The number of hydrogen-bond donors (Lipinski definition) is 1. The van der Waals surface area contributed by atoms with Gasteiger partial charge in [-0.3, -0.25) is 4.90 Å². The van der Waals surface area contributed by atoms with E-state index in [9.17, 15) is 0 Å². The molecule has 2 aliphatic heterocycles. The van der Waals surface area contributed by atoms with E-state index in [0.29, 0.717) is 5.54 Å². The summed E-state index contributed by atoms with van der Waals surface area (Å²) in [5.41, 5.74) is 7.95. The van der Waals surface area contributed by atoms with E-state index in [1.54, 1.807) is 0 Å². The van der Waals surface area contributed by atoms with Crippen molar-refractivity contribution in [1.29, 1.82) is 0 Å². The molecule has 2 nitrogen and oxygen atoms in total. The molecular weight excluding hydrogens is 276 g/mol. The zero-order valence-corrected chi connectivity index (χ0v) is 13.9.